The predicted octanol–water partition coefficient (Wildman–Crippen LogP) is 1.29. The van der Waals surface area contributed by atoms with Gasteiger partial charge < -0.3 is 11.5 Å². The molecular weight excluding hydrogens is 284 g/mol. The van der Waals surface area contributed by atoms with Gasteiger partial charge >= 0.3 is 0 Å². The fourth-order valence-electron chi connectivity index (χ4n) is 2.22. The van der Waals surface area contributed by atoms with Gasteiger partial charge in [-0.1, -0.05) is 0 Å². The lowest BCUT2D eigenvalue weighted by molar-refractivity contribution is -0.384. The largest absolute Gasteiger partial charge is 0.329 e. The molecule has 0 radical (unpaired) electrons. The van der Waals surface area contributed by atoms with Crippen LogP contribution in [0.2, 0.25) is 0 Å². The van der Waals surface area contributed by atoms with Crippen molar-refractivity contribution in [3.63, 3.8) is 0 Å². The van der Waals surface area contributed by atoms with Crippen LogP contribution in [0, 0.1) is 10.1 Å². The maximum atomic E-state index is 10.8. The molecule has 4 N–H and O–H groups in total. The van der Waals surface area contributed by atoms with E-state index in [4.69, 9.17) is 11.5 Å². The topological polar surface area (TPSA) is 126 Å². The summed E-state index contributed by atoms with van der Waals surface area (Å²) in [5.41, 5.74) is 12.9. The van der Waals surface area contributed by atoms with Gasteiger partial charge in [0.05, 0.1) is 22.2 Å². The zero-order valence-electron chi connectivity index (χ0n) is 11.6. The van der Waals surface area contributed by atoms with E-state index in [0.29, 0.717) is 11.6 Å². The quantitative estimate of drug-likeness (QED) is 0.552. The SMILES string of the molecule is NCC(N)c1ccnc(-n2ccc3cc([N+](=O)[O-])ccc32)n1. The fraction of sp³-hybridized carbons (Fsp3) is 0.143. The van der Waals surface area contributed by atoms with Crippen molar-refractivity contribution in [1.82, 2.24) is 14.5 Å². The van der Waals surface area contributed by atoms with Crippen LogP contribution in [-0.4, -0.2) is 26.0 Å². The maximum absolute atomic E-state index is 10.8. The van der Waals surface area contributed by atoms with Crippen molar-refractivity contribution in [2.45, 2.75) is 6.04 Å². The third kappa shape index (κ3) is 2.41. The minimum Gasteiger partial charge on any atom is -0.329 e. The summed E-state index contributed by atoms with van der Waals surface area (Å²) in [5, 5.41) is 11.6. The van der Waals surface area contributed by atoms with Crippen molar-refractivity contribution in [3.8, 4) is 5.95 Å². The Labute approximate surface area is 125 Å². The molecule has 2 heterocycles. The van der Waals surface area contributed by atoms with E-state index in [1.165, 1.54) is 12.1 Å². The van der Waals surface area contributed by atoms with Gasteiger partial charge in [0.1, 0.15) is 0 Å². The van der Waals surface area contributed by atoms with Crippen molar-refractivity contribution >= 4 is 16.6 Å². The first-order valence-corrected chi connectivity index (χ1v) is 6.64. The van der Waals surface area contributed by atoms with Crippen LogP contribution in [0.25, 0.3) is 16.9 Å². The highest BCUT2D eigenvalue weighted by molar-refractivity contribution is 5.83. The van der Waals surface area contributed by atoms with Crippen molar-refractivity contribution < 1.29 is 4.92 Å². The molecule has 0 amide bonds. The number of aromatic nitrogens is 3. The molecule has 0 aliphatic heterocycles. The van der Waals surface area contributed by atoms with E-state index in [2.05, 4.69) is 9.97 Å². The number of rotatable bonds is 4. The van der Waals surface area contributed by atoms with Gasteiger partial charge in [-0.2, -0.15) is 0 Å². The van der Waals surface area contributed by atoms with E-state index in [-0.39, 0.29) is 18.3 Å². The third-order valence-electron chi connectivity index (χ3n) is 3.40. The van der Waals surface area contributed by atoms with Crippen LogP contribution in [0.5, 0.6) is 0 Å². The molecule has 3 aromatic rings. The van der Waals surface area contributed by atoms with Crippen molar-refractivity contribution in [3.05, 3.63) is 58.5 Å². The number of nitrogens with zero attached hydrogens (tertiary/aromatic N) is 4. The fourth-order valence-corrected chi connectivity index (χ4v) is 2.22. The van der Waals surface area contributed by atoms with Crippen LogP contribution in [0.4, 0.5) is 5.69 Å². The Kier molecular flexibility index (Phi) is 3.53. The molecule has 8 heteroatoms. The molecular formula is C14H14N6O2. The van der Waals surface area contributed by atoms with Crippen LogP contribution < -0.4 is 11.5 Å². The predicted molar refractivity (Wildman–Crippen MR) is 81.5 cm³/mol. The molecule has 0 bridgehead atoms. The Morgan fingerprint density at radius 2 is 2.14 bits per heavy atom. The Balaban J connectivity index is 2.09. The van der Waals surface area contributed by atoms with Crippen molar-refractivity contribution in [2.24, 2.45) is 11.5 Å². The van der Waals surface area contributed by atoms with Gasteiger partial charge in [0.25, 0.3) is 5.69 Å². The normalized spacial score (nSPS) is 12.5. The summed E-state index contributed by atoms with van der Waals surface area (Å²) in [6.45, 7) is 0.287. The summed E-state index contributed by atoms with van der Waals surface area (Å²) < 4.78 is 1.76. The molecule has 0 aliphatic carbocycles. The van der Waals surface area contributed by atoms with E-state index in [9.17, 15) is 10.1 Å². The number of non-ortho nitro benzene ring substituents is 1. The molecule has 0 spiro atoms. The summed E-state index contributed by atoms with van der Waals surface area (Å²) in [6.07, 6.45) is 3.38. The molecule has 22 heavy (non-hydrogen) atoms. The number of fused-ring (bicyclic) bond motifs is 1. The summed E-state index contributed by atoms with van der Waals surface area (Å²) in [4.78, 5) is 19.0. The zero-order chi connectivity index (χ0) is 15.7. The summed E-state index contributed by atoms with van der Waals surface area (Å²) in [6, 6.07) is 7.78. The Morgan fingerprint density at radius 3 is 2.86 bits per heavy atom. The van der Waals surface area contributed by atoms with Crippen LogP contribution in [-0.2, 0) is 0 Å². The number of nitro benzene ring substituents is 1. The summed E-state index contributed by atoms with van der Waals surface area (Å²) in [7, 11) is 0. The highest BCUT2D eigenvalue weighted by Crippen LogP contribution is 2.23. The minimum atomic E-state index is -0.422. The molecule has 1 atom stereocenters. The average Bonchev–Trinajstić information content (AvgIpc) is 2.97. The zero-order valence-corrected chi connectivity index (χ0v) is 11.6. The molecule has 2 aromatic heterocycles. The summed E-state index contributed by atoms with van der Waals surface area (Å²) >= 11 is 0. The highest BCUT2D eigenvalue weighted by atomic mass is 16.6. The van der Waals surface area contributed by atoms with Gasteiger partial charge in [-0.25, -0.2) is 9.97 Å². The van der Waals surface area contributed by atoms with Crippen LogP contribution in [0.3, 0.4) is 0 Å². The number of hydrogen-bond acceptors (Lipinski definition) is 6. The van der Waals surface area contributed by atoms with E-state index >= 15 is 0 Å². The van der Waals surface area contributed by atoms with Crippen molar-refractivity contribution in [1.29, 1.82) is 0 Å². The van der Waals surface area contributed by atoms with Gasteiger partial charge in [-0.15, -0.1) is 0 Å². The van der Waals surface area contributed by atoms with Gasteiger partial charge in [0, 0.05) is 36.5 Å². The molecule has 0 saturated heterocycles. The van der Waals surface area contributed by atoms with Gasteiger partial charge in [0.15, 0.2) is 0 Å². The first-order valence-electron chi connectivity index (χ1n) is 6.64. The molecule has 0 saturated carbocycles. The maximum Gasteiger partial charge on any atom is 0.270 e. The molecule has 1 unspecified atom stereocenters. The number of nitro groups is 1. The second kappa shape index (κ2) is 5.51. The second-order valence-corrected chi connectivity index (χ2v) is 4.81. The van der Waals surface area contributed by atoms with E-state index in [1.54, 1.807) is 35.2 Å². The minimum absolute atomic E-state index is 0.0464. The lowest BCUT2D eigenvalue weighted by Gasteiger charge is -2.10. The van der Waals surface area contributed by atoms with E-state index in [0.717, 1.165) is 10.9 Å². The second-order valence-electron chi connectivity index (χ2n) is 4.81. The van der Waals surface area contributed by atoms with E-state index in [1.807, 2.05) is 0 Å². The van der Waals surface area contributed by atoms with Gasteiger partial charge in [-0.05, 0) is 18.2 Å². The van der Waals surface area contributed by atoms with Crippen LogP contribution in [0.1, 0.15) is 11.7 Å². The highest BCUT2D eigenvalue weighted by Gasteiger charge is 2.12. The number of nitrogens with two attached hydrogens (primary N) is 2. The van der Waals surface area contributed by atoms with Crippen LogP contribution >= 0.6 is 0 Å². The Bertz CT molecular complexity index is 844. The van der Waals surface area contributed by atoms with Gasteiger partial charge in [-0.3, -0.25) is 14.7 Å². The summed E-state index contributed by atoms with van der Waals surface area (Å²) in [5.74, 6) is 0.449. The average molecular weight is 298 g/mol. The molecule has 112 valence electrons. The lowest BCUT2D eigenvalue weighted by atomic mass is 10.2. The molecule has 0 aliphatic rings. The third-order valence-corrected chi connectivity index (χ3v) is 3.40. The molecule has 8 nitrogen and oxygen atoms in total. The number of hydrogen-bond donors (Lipinski definition) is 2. The molecule has 0 fully saturated rings. The van der Waals surface area contributed by atoms with Crippen LogP contribution in [0.15, 0.2) is 42.7 Å². The Hall–Kier alpha value is -2.84. The number of benzene rings is 1. The Morgan fingerprint density at radius 1 is 1.32 bits per heavy atom. The standard InChI is InChI=1S/C14H14N6O2/c15-8-11(16)12-3-5-17-14(18-12)19-6-4-9-7-10(20(21)22)1-2-13(9)19/h1-7,11H,8,15-16H2. The van der Waals surface area contributed by atoms with Gasteiger partial charge in [0.2, 0.25) is 5.95 Å². The smallest absolute Gasteiger partial charge is 0.270 e. The molecule has 3 rings (SSSR count). The first-order chi connectivity index (χ1) is 10.6. The van der Waals surface area contributed by atoms with E-state index < -0.39 is 4.92 Å². The lowest BCUT2D eigenvalue weighted by Crippen LogP contribution is -2.22. The monoisotopic (exact) mass is 298 g/mol. The first kappa shape index (κ1) is 14.1. The van der Waals surface area contributed by atoms with Crippen molar-refractivity contribution in [2.75, 3.05) is 6.54 Å². The molecule has 1 aromatic carbocycles.